The van der Waals surface area contributed by atoms with Crippen LogP contribution in [0.25, 0.3) is 11.2 Å². The Bertz CT molecular complexity index is 1430. The minimum absolute atomic E-state index is 0.0751. The van der Waals surface area contributed by atoms with E-state index in [4.69, 9.17) is 24.5 Å². The Morgan fingerprint density at radius 2 is 2.12 bits per heavy atom. The highest BCUT2D eigenvalue weighted by atomic mass is 32.7. The SMILES string of the molecule is COc1nc(N)nc2c1ncn2[C@@H]1OC(CO[P@]2(=O)N[C@@H](C(=O)O[C@H](C)c3ccccc3)CCS2)[C@@H](O)[C@@]1(C)O. The molecule has 16 heteroatoms. The summed E-state index contributed by atoms with van der Waals surface area (Å²) in [4.78, 5) is 25.2. The number of fused-ring (bicyclic) bond motifs is 1. The monoisotopic (exact) mass is 594 g/mol. The zero-order valence-electron chi connectivity index (χ0n) is 22.0. The van der Waals surface area contributed by atoms with Crippen molar-refractivity contribution in [3.63, 3.8) is 0 Å². The van der Waals surface area contributed by atoms with Gasteiger partial charge in [-0.2, -0.15) is 9.97 Å². The van der Waals surface area contributed by atoms with Gasteiger partial charge in [0.1, 0.15) is 30.0 Å². The molecule has 2 aliphatic rings. The number of hydrogen-bond acceptors (Lipinski definition) is 13. The highest BCUT2D eigenvalue weighted by Crippen LogP contribution is 2.59. The van der Waals surface area contributed by atoms with E-state index >= 15 is 0 Å². The number of nitrogens with one attached hydrogen (secondary N) is 1. The minimum Gasteiger partial charge on any atom is -0.479 e. The van der Waals surface area contributed by atoms with E-state index in [1.165, 1.54) is 24.9 Å². The van der Waals surface area contributed by atoms with Crippen molar-refractivity contribution in [2.45, 2.75) is 56.5 Å². The molecule has 2 aliphatic heterocycles. The first-order valence-corrected chi connectivity index (χ1v) is 15.8. The van der Waals surface area contributed by atoms with E-state index in [9.17, 15) is 19.6 Å². The van der Waals surface area contributed by atoms with Gasteiger partial charge in [-0.3, -0.25) is 13.9 Å². The van der Waals surface area contributed by atoms with Crippen molar-refractivity contribution in [3.8, 4) is 5.88 Å². The van der Waals surface area contributed by atoms with E-state index in [1.807, 2.05) is 30.3 Å². The van der Waals surface area contributed by atoms with Gasteiger partial charge >= 0.3 is 12.7 Å². The Labute approximate surface area is 233 Å². The Morgan fingerprint density at radius 3 is 2.85 bits per heavy atom. The highest BCUT2D eigenvalue weighted by Gasteiger charge is 2.54. The molecule has 0 spiro atoms. The van der Waals surface area contributed by atoms with Gasteiger partial charge in [-0.1, -0.05) is 41.7 Å². The van der Waals surface area contributed by atoms with Gasteiger partial charge in [0.05, 0.1) is 20.0 Å². The van der Waals surface area contributed by atoms with Crippen LogP contribution in [-0.4, -0.2) is 79.0 Å². The predicted octanol–water partition coefficient (Wildman–Crippen LogP) is 1.95. The lowest BCUT2D eigenvalue weighted by atomic mass is 9.96. The molecule has 3 aromatic rings. The summed E-state index contributed by atoms with van der Waals surface area (Å²) >= 11 is 1.05. The number of methoxy groups -OCH3 is 1. The number of ether oxygens (including phenoxy) is 3. The maximum absolute atomic E-state index is 13.5. The van der Waals surface area contributed by atoms with Gasteiger partial charge in [0.2, 0.25) is 11.8 Å². The van der Waals surface area contributed by atoms with Crippen molar-refractivity contribution >= 4 is 41.2 Å². The maximum atomic E-state index is 13.5. The smallest absolute Gasteiger partial charge is 0.327 e. The molecule has 14 nitrogen and oxygen atoms in total. The van der Waals surface area contributed by atoms with E-state index in [1.54, 1.807) is 6.92 Å². The summed E-state index contributed by atoms with van der Waals surface area (Å²) in [6.45, 7) is -0.748. The number of aromatic nitrogens is 4. The molecule has 1 aromatic carbocycles. The zero-order valence-corrected chi connectivity index (χ0v) is 23.7. The number of imidazole rings is 1. The number of nitrogen functional groups attached to an aromatic ring is 1. The molecule has 0 bridgehead atoms. The zero-order chi connectivity index (χ0) is 28.7. The average molecular weight is 595 g/mol. The predicted molar refractivity (Wildman–Crippen MR) is 145 cm³/mol. The molecular formula is C24H31N6O8PS. The van der Waals surface area contributed by atoms with Crippen LogP contribution in [0.5, 0.6) is 5.88 Å². The van der Waals surface area contributed by atoms with Gasteiger partial charge in [-0.15, -0.1) is 0 Å². The summed E-state index contributed by atoms with van der Waals surface area (Å²) in [6.07, 6.45) is -2.35. The average Bonchev–Trinajstić information content (AvgIpc) is 3.45. The van der Waals surface area contributed by atoms with E-state index < -0.39 is 48.9 Å². The summed E-state index contributed by atoms with van der Waals surface area (Å²) in [5, 5.41) is 24.9. The van der Waals surface area contributed by atoms with Gasteiger partial charge in [0.15, 0.2) is 17.4 Å². The molecule has 5 N–H and O–H groups in total. The lowest BCUT2D eigenvalue weighted by molar-refractivity contribution is -0.150. The summed E-state index contributed by atoms with van der Waals surface area (Å²) in [5.41, 5.74) is 5.34. The number of carbonyl (C=O) groups excluding carboxylic acids is 1. The van der Waals surface area contributed by atoms with Gasteiger partial charge < -0.3 is 34.7 Å². The molecule has 5 rings (SSSR count). The Morgan fingerprint density at radius 1 is 1.38 bits per heavy atom. The minimum atomic E-state index is -3.58. The number of carbonyl (C=O) groups is 1. The molecule has 0 saturated carbocycles. The number of aliphatic hydroxyl groups is 2. The first kappa shape index (κ1) is 28.7. The van der Waals surface area contributed by atoms with Crippen molar-refractivity contribution in [2.75, 3.05) is 25.2 Å². The van der Waals surface area contributed by atoms with Crippen LogP contribution in [-0.2, 0) is 23.4 Å². The second-order valence-electron chi connectivity index (χ2n) is 9.70. The van der Waals surface area contributed by atoms with Crippen molar-refractivity contribution in [3.05, 3.63) is 42.2 Å². The molecule has 2 fully saturated rings. The number of nitrogens with two attached hydrogens (primary N) is 1. The third kappa shape index (κ3) is 5.55. The van der Waals surface area contributed by atoms with Crippen molar-refractivity contribution < 1.29 is 38.3 Å². The number of esters is 1. The fraction of sp³-hybridized carbons (Fsp3) is 0.500. The van der Waals surface area contributed by atoms with Crippen LogP contribution < -0.4 is 15.6 Å². The quantitative estimate of drug-likeness (QED) is 0.218. The van der Waals surface area contributed by atoms with E-state index in [2.05, 4.69) is 20.0 Å². The first-order chi connectivity index (χ1) is 19.0. The van der Waals surface area contributed by atoms with Crippen LogP contribution in [0.15, 0.2) is 36.7 Å². The first-order valence-electron chi connectivity index (χ1n) is 12.5. The lowest BCUT2D eigenvalue weighted by Gasteiger charge is -2.30. The van der Waals surface area contributed by atoms with E-state index in [0.717, 1.165) is 16.9 Å². The van der Waals surface area contributed by atoms with E-state index in [0.29, 0.717) is 12.2 Å². The summed E-state index contributed by atoms with van der Waals surface area (Å²) < 4.78 is 37.4. The topological polar surface area (TPSA) is 193 Å². The van der Waals surface area contributed by atoms with Crippen LogP contribution in [0.2, 0.25) is 0 Å². The Hall–Kier alpha value is -2.78. The largest absolute Gasteiger partial charge is 0.479 e. The molecule has 1 unspecified atom stereocenters. The third-order valence-electron chi connectivity index (χ3n) is 6.84. The molecular weight excluding hydrogens is 563 g/mol. The second kappa shape index (κ2) is 11.2. The fourth-order valence-electron chi connectivity index (χ4n) is 4.65. The third-order valence-corrected chi connectivity index (χ3v) is 10.9. The van der Waals surface area contributed by atoms with Crippen LogP contribution in [0, 0.1) is 0 Å². The fourth-order valence-corrected chi connectivity index (χ4v) is 8.46. The highest BCUT2D eigenvalue weighted by molar-refractivity contribution is 8.56. The summed E-state index contributed by atoms with van der Waals surface area (Å²) in [5.74, 6) is -0.0791. The normalized spacial score (nSPS) is 31.2. The van der Waals surface area contributed by atoms with Crippen molar-refractivity contribution in [1.29, 1.82) is 0 Å². The molecule has 216 valence electrons. The Balaban J connectivity index is 1.25. The molecule has 7 atom stereocenters. The Kier molecular flexibility index (Phi) is 8.08. The number of benzene rings is 1. The van der Waals surface area contributed by atoms with Gasteiger partial charge in [0.25, 0.3) is 0 Å². The van der Waals surface area contributed by atoms with E-state index in [-0.39, 0.29) is 29.6 Å². The number of anilines is 1. The molecule has 2 saturated heterocycles. The van der Waals surface area contributed by atoms with Gasteiger partial charge in [-0.05, 0) is 25.8 Å². The van der Waals surface area contributed by atoms with Crippen LogP contribution in [0.3, 0.4) is 0 Å². The number of nitrogens with zero attached hydrogens (tertiary/aromatic N) is 4. The van der Waals surface area contributed by atoms with Crippen LogP contribution >= 0.6 is 18.1 Å². The molecule has 0 radical (unpaired) electrons. The summed E-state index contributed by atoms with van der Waals surface area (Å²) in [7, 11) is 1.41. The van der Waals surface area contributed by atoms with Crippen molar-refractivity contribution in [2.24, 2.45) is 0 Å². The standard InChI is InChI=1S/C24H31N6O8PS/c1-13(14-7-5-4-6-8-14)37-21(32)15-9-10-40-39(34,29-15)36-11-16-18(31)24(2,33)22(38-16)30-12-26-17-19(30)27-23(25)28-20(17)35-3/h4-8,12-13,15-16,18,22,31,33H,9-11H2,1-3H3,(H,29,34)(H2,25,27,28)/t13-,15-,16?,18-,22-,24-,39-/m1/s1. The number of aliphatic hydroxyl groups excluding tert-OH is 1. The molecule has 0 aliphatic carbocycles. The second-order valence-corrected chi connectivity index (χ2v) is 14.1. The van der Waals surface area contributed by atoms with Crippen LogP contribution in [0.4, 0.5) is 5.95 Å². The number of rotatable bonds is 8. The summed E-state index contributed by atoms with van der Waals surface area (Å²) in [6, 6.07) is 8.46. The lowest BCUT2D eigenvalue weighted by Crippen LogP contribution is -2.44. The molecule has 40 heavy (non-hydrogen) atoms. The maximum Gasteiger partial charge on any atom is 0.327 e. The molecule has 2 aromatic heterocycles. The van der Waals surface area contributed by atoms with Gasteiger partial charge in [-0.25, -0.2) is 10.1 Å². The van der Waals surface area contributed by atoms with Crippen LogP contribution in [0.1, 0.15) is 38.2 Å². The van der Waals surface area contributed by atoms with Gasteiger partial charge in [0, 0.05) is 5.75 Å². The molecule has 0 amide bonds. The molecule has 4 heterocycles. The van der Waals surface area contributed by atoms with Crippen molar-refractivity contribution in [1.82, 2.24) is 24.6 Å². The number of hydrogen-bond donors (Lipinski definition) is 4.